The lowest BCUT2D eigenvalue weighted by molar-refractivity contribution is 0.185. The van der Waals surface area contributed by atoms with Crippen molar-refractivity contribution in [1.82, 2.24) is 34.3 Å². The summed E-state index contributed by atoms with van der Waals surface area (Å²) in [5.41, 5.74) is 4.49. The number of pyridine rings is 1. The van der Waals surface area contributed by atoms with Crippen LogP contribution in [0.25, 0.3) is 16.7 Å². The van der Waals surface area contributed by atoms with E-state index in [2.05, 4.69) is 25.5 Å². The highest BCUT2D eigenvalue weighted by Crippen LogP contribution is 2.26. The highest BCUT2D eigenvalue weighted by atomic mass is 16.5. The van der Waals surface area contributed by atoms with Crippen molar-refractivity contribution in [2.24, 2.45) is 0 Å². The van der Waals surface area contributed by atoms with Gasteiger partial charge in [-0.1, -0.05) is 0 Å². The summed E-state index contributed by atoms with van der Waals surface area (Å²) in [6.07, 6.45) is 6.19. The zero-order valence-corrected chi connectivity index (χ0v) is 14.5. The second kappa shape index (κ2) is 5.73. The Kier molecular flexibility index (Phi) is 3.35. The average molecular weight is 350 g/mol. The first-order chi connectivity index (χ1) is 12.7. The minimum absolute atomic E-state index is 0.224. The Morgan fingerprint density at radius 2 is 2.19 bits per heavy atom. The third-order valence-electron chi connectivity index (χ3n) is 4.75. The number of ether oxygens (including phenoxy) is 1. The summed E-state index contributed by atoms with van der Waals surface area (Å²) in [5, 5.41) is 13.1. The van der Waals surface area contributed by atoms with E-state index in [1.807, 2.05) is 37.0 Å². The number of hydrogen-bond donors (Lipinski definition) is 1. The molecule has 5 rings (SSSR count). The second-order valence-electron chi connectivity index (χ2n) is 6.54. The molecule has 0 radical (unpaired) electrons. The van der Waals surface area contributed by atoms with Crippen LogP contribution >= 0.6 is 0 Å². The van der Waals surface area contributed by atoms with E-state index in [4.69, 9.17) is 9.72 Å². The first-order valence-electron chi connectivity index (χ1n) is 8.55. The van der Waals surface area contributed by atoms with Crippen molar-refractivity contribution in [3.8, 4) is 0 Å². The van der Waals surface area contributed by atoms with Gasteiger partial charge in [0.25, 0.3) is 0 Å². The first-order valence-corrected chi connectivity index (χ1v) is 8.55. The Hall–Kier alpha value is -3.07. The van der Waals surface area contributed by atoms with Gasteiger partial charge in [0, 0.05) is 12.8 Å². The Labute approximate surface area is 149 Å². The van der Waals surface area contributed by atoms with Crippen LogP contribution in [0.3, 0.4) is 0 Å². The van der Waals surface area contributed by atoms with Gasteiger partial charge in [-0.2, -0.15) is 15.2 Å². The van der Waals surface area contributed by atoms with Crippen LogP contribution in [0.15, 0.2) is 24.8 Å². The van der Waals surface area contributed by atoms with Gasteiger partial charge in [0.2, 0.25) is 5.95 Å². The number of anilines is 2. The first kappa shape index (κ1) is 15.2. The number of fused-ring (bicyclic) bond motifs is 2. The van der Waals surface area contributed by atoms with E-state index in [9.17, 15) is 0 Å². The number of aromatic nitrogens is 7. The molecule has 0 spiro atoms. The molecule has 1 unspecified atom stereocenters. The monoisotopic (exact) mass is 350 g/mol. The Morgan fingerprint density at radius 1 is 1.27 bits per heavy atom. The molecule has 132 valence electrons. The van der Waals surface area contributed by atoms with Gasteiger partial charge >= 0.3 is 0 Å². The van der Waals surface area contributed by atoms with Crippen LogP contribution in [0.4, 0.5) is 11.6 Å². The number of nitrogens with one attached hydrogen (secondary N) is 1. The zero-order chi connectivity index (χ0) is 17.7. The van der Waals surface area contributed by atoms with Crippen molar-refractivity contribution in [3.05, 3.63) is 36.0 Å². The molecule has 9 nitrogen and oxygen atoms in total. The molecule has 5 heterocycles. The van der Waals surface area contributed by atoms with E-state index >= 15 is 0 Å². The molecule has 1 saturated heterocycles. The minimum Gasteiger partial charge on any atom is -0.379 e. The number of aryl methyl sites for hydroxylation is 2. The van der Waals surface area contributed by atoms with Gasteiger partial charge in [0.15, 0.2) is 11.3 Å². The van der Waals surface area contributed by atoms with Gasteiger partial charge in [-0.05, 0) is 31.9 Å². The summed E-state index contributed by atoms with van der Waals surface area (Å²) >= 11 is 0. The zero-order valence-electron chi connectivity index (χ0n) is 14.5. The maximum Gasteiger partial charge on any atom is 0.229 e. The molecular weight excluding hydrogens is 332 g/mol. The van der Waals surface area contributed by atoms with Crippen molar-refractivity contribution < 1.29 is 4.74 Å². The smallest absolute Gasteiger partial charge is 0.229 e. The Bertz CT molecular complexity index is 1110. The van der Waals surface area contributed by atoms with Gasteiger partial charge in [0.05, 0.1) is 35.6 Å². The van der Waals surface area contributed by atoms with Gasteiger partial charge in [-0.3, -0.25) is 0 Å². The normalized spacial score (nSPS) is 17.4. The largest absolute Gasteiger partial charge is 0.379 e. The molecule has 1 aliphatic rings. The molecule has 4 aromatic rings. The van der Waals surface area contributed by atoms with Crippen LogP contribution in [0.1, 0.15) is 23.7 Å². The third kappa shape index (κ3) is 2.39. The minimum atomic E-state index is 0.224. The summed E-state index contributed by atoms with van der Waals surface area (Å²) in [5.74, 6) is 0.528. The summed E-state index contributed by atoms with van der Waals surface area (Å²) in [6.45, 7) is 5.43. The summed E-state index contributed by atoms with van der Waals surface area (Å²) in [7, 11) is 0. The molecule has 0 aliphatic carbocycles. The van der Waals surface area contributed by atoms with Gasteiger partial charge in [-0.25, -0.2) is 19.2 Å². The van der Waals surface area contributed by atoms with E-state index in [-0.39, 0.29) is 6.04 Å². The van der Waals surface area contributed by atoms with Crippen molar-refractivity contribution >= 4 is 28.3 Å². The predicted octanol–water partition coefficient (Wildman–Crippen LogP) is 2.19. The molecule has 9 heteroatoms. The van der Waals surface area contributed by atoms with Crippen molar-refractivity contribution in [3.63, 3.8) is 0 Å². The average Bonchev–Trinajstić information content (AvgIpc) is 3.36. The molecule has 1 N–H and O–H groups in total. The quantitative estimate of drug-likeness (QED) is 0.605. The van der Waals surface area contributed by atoms with Crippen LogP contribution in [-0.2, 0) is 4.74 Å². The topological polar surface area (TPSA) is 95.1 Å². The molecular formula is C17H18N8O. The molecule has 1 atom stereocenters. The van der Waals surface area contributed by atoms with E-state index < -0.39 is 0 Å². The van der Waals surface area contributed by atoms with Crippen molar-refractivity contribution in [2.75, 3.05) is 18.5 Å². The van der Waals surface area contributed by atoms with E-state index in [1.54, 1.807) is 4.52 Å². The van der Waals surface area contributed by atoms with Gasteiger partial charge in [-0.15, -0.1) is 0 Å². The highest BCUT2D eigenvalue weighted by Gasteiger charge is 2.22. The van der Waals surface area contributed by atoms with Crippen molar-refractivity contribution in [1.29, 1.82) is 0 Å². The maximum atomic E-state index is 5.51. The number of nitrogens with zero attached hydrogens (tertiary/aromatic N) is 7. The summed E-state index contributed by atoms with van der Waals surface area (Å²) < 4.78 is 9.20. The highest BCUT2D eigenvalue weighted by molar-refractivity contribution is 5.79. The summed E-state index contributed by atoms with van der Waals surface area (Å²) in [6, 6.07) is 2.19. The van der Waals surface area contributed by atoms with Crippen LogP contribution in [0.5, 0.6) is 0 Å². The molecule has 0 saturated carbocycles. The van der Waals surface area contributed by atoms with Crippen molar-refractivity contribution in [2.45, 2.75) is 26.3 Å². The predicted molar refractivity (Wildman–Crippen MR) is 95.5 cm³/mol. The fourth-order valence-corrected chi connectivity index (χ4v) is 3.30. The van der Waals surface area contributed by atoms with E-state index in [0.29, 0.717) is 12.6 Å². The lowest BCUT2D eigenvalue weighted by Gasteiger charge is -2.11. The van der Waals surface area contributed by atoms with E-state index in [0.717, 1.165) is 46.7 Å². The summed E-state index contributed by atoms with van der Waals surface area (Å²) in [4.78, 5) is 13.4. The second-order valence-corrected chi connectivity index (χ2v) is 6.54. The number of hydrogen-bond acceptors (Lipinski definition) is 7. The number of rotatable bonds is 3. The lowest BCUT2D eigenvalue weighted by Crippen LogP contribution is -2.11. The Balaban J connectivity index is 1.56. The molecule has 1 aliphatic heterocycles. The maximum absolute atomic E-state index is 5.51. The standard InChI is InChI=1S/C17H18N8O/c1-10-5-15-19-9-20-24(15)7-14(10)21-17-18-6-13-11(2)23-25(16(13)22-17)12-3-4-26-8-12/h5-7,9,12H,3-4,8H2,1-2H3,(H,18,21,22). The Morgan fingerprint density at radius 3 is 3.04 bits per heavy atom. The fourth-order valence-electron chi connectivity index (χ4n) is 3.30. The van der Waals surface area contributed by atoms with Crippen LogP contribution in [0.2, 0.25) is 0 Å². The van der Waals surface area contributed by atoms with E-state index in [1.165, 1.54) is 6.33 Å². The fraction of sp³-hybridized carbons (Fsp3) is 0.353. The van der Waals surface area contributed by atoms with Crippen LogP contribution in [-0.4, -0.2) is 47.6 Å². The van der Waals surface area contributed by atoms with Gasteiger partial charge < -0.3 is 10.1 Å². The molecule has 26 heavy (non-hydrogen) atoms. The van der Waals surface area contributed by atoms with Gasteiger partial charge in [0.1, 0.15) is 6.33 Å². The third-order valence-corrected chi connectivity index (χ3v) is 4.75. The molecule has 0 bridgehead atoms. The SMILES string of the molecule is Cc1cc2ncnn2cc1Nc1ncc2c(C)nn(C3CCOC3)c2n1. The van der Waals surface area contributed by atoms with Crippen LogP contribution in [0, 0.1) is 13.8 Å². The van der Waals surface area contributed by atoms with Crippen LogP contribution < -0.4 is 5.32 Å². The molecule has 4 aromatic heterocycles. The molecule has 0 amide bonds. The lowest BCUT2D eigenvalue weighted by atomic mass is 10.2. The molecule has 0 aromatic carbocycles. The molecule has 1 fully saturated rings.